The van der Waals surface area contributed by atoms with Gasteiger partial charge in [-0.15, -0.1) is 12.4 Å². The summed E-state index contributed by atoms with van der Waals surface area (Å²) >= 11 is 3.61. The van der Waals surface area contributed by atoms with Crippen LogP contribution in [0.1, 0.15) is 12.0 Å². The van der Waals surface area contributed by atoms with Gasteiger partial charge in [-0.05, 0) is 29.2 Å². The first kappa shape index (κ1) is 16.5. The number of halogens is 2. The first-order valence-corrected chi connectivity index (χ1v) is 7.83. The van der Waals surface area contributed by atoms with Crippen LogP contribution in [0, 0.1) is 0 Å². The maximum absolute atomic E-state index is 5.95. The largest absolute Gasteiger partial charge is 0.326 e. The molecule has 1 heterocycles. The smallest absolute Gasteiger partial charge is 0.0253 e. The lowest BCUT2D eigenvalue weighted by Crippen LogP contribution is -2.26. The molecular formula is C17H20BrClN2. The van der Waals surface area contributed by atoms with Crippen LogP contribution in [0.2, 0.25) is 0 Å². The first-order valence-electron chi connectivity index (χ1n) is 7.04. The number of rotatable bonds is 3. The molecule has 1 aliphatic rings. The van der Waals surface area contributed by atoms with Gasteiger partial charge in [0.1, 0.15) is 0 Å². The first-order chi connectivity index (χ1) is 9.72. The molecule has 2 aromatic rings. The van der Waals surface area contributed by atoms with E-state index in [9.17, 15) is 0 Å². The van der Waals surface area contributed by atoms with E-state index in [0.29, 0.717) is 6.04 Å². The Morgan fingerprint density at radius 3 is 2.43 bits per heavy atom. The van der Waals surface area contributed by atoms with Crippen molar-refractivity contribution in [3.05, 3.63) is 58.6 Å². The van der Waals surface area contributed by atoms with Crippen LogP contribution >= 0.6 is 28.3 Å². The Bertz CT molecular complexity index is 586. The van der Waals surface area contributed by atoms with Gasteiger partial charge in [-0.2, -0.15) is 0 Å². The van der Waals surface area contributed by atoms with Gasteiger partial charge in [0.2, 0.25) is 0 Å². The van der Waals surface area contributed by atoms with E-state index in [0.717, 1.165) is 30.5 Å². The molecule has 0 radical (unpaired) electrons. The Kier molecular flexibility index (Phi) is 5.82. The van der Waals surface area contributed by atoms with Gasteiger partial charge in [-0.3, -0.25) is 4.90 Å². The fourth-order valence-corrected chi connectivity index (χ4v) is 3.26. The number of hydrogen-bond acceptors (Lipinski definition) is 2. The van der Waals surface area contributed by atoms with Crippen LogP contribution in [0.15, 0.2) is 53.0 Å². The van der Waals surface area contributed by atoms with E-state index in [1.165, 1.54) is 16.7 Å². The molecular weight excluding hydrogens is 348 g/mol. The molecule has 1 unspecified atom stereocenters. The number of nitrogens with zero attached hydrogens (tertiary/aromatic N) is 1. The Morgan fingerprint density at radius 1 is 1.10 bits per heavy atom. The van der Waals surface area contributed by atoms with E-state index in [1.807, 2.05) is 6.07 Å². The van der Waals surface area contributed by atoms with Gasteiger partial charge < -0.3 is 5.73 Å². The van der Waals surface area contributed by atoms with Crippen molar-refractivity contribution in [1.82, 2.24) is 4.90 Å². The Balaban J connectivity index is 0.00000161. The van der Waals surface area contributed by atoms with E-state index >= 15 is 0 Å². The molecule has 1 aliphatic heterocycles. The predicted octanol–water partition coefficient (Wildman–Crippen LogP) is 4.07. The van der Waals surface area contributed by atoms with Crippen molar-refractivity contribution in [3.63, 3.8) is 0 Å². The molecule has 4 heteroatoms. The maximum atomic E-state index is 5.95. The molecule has 2 nitrogen and oxygen atoms in total. The molecule has 1 atom stereocenters. The summed E-state index contributed by atoms with van der Waals surface area (Å²) in [6.07, 6.45) is 1.12. The zero-order valence-corrected chi connectivity index (χ0v) is 14.2. The molecule has 0 saturated carbocycles. The van der Waals surface area contributed by atoms with Crippen LogP contribution in [0.25, 0.3) is 11.1 Å². The molecule has 0 spiro atoms. The second kappa shape index (κ2) is 7.41. The lowest BCUT2D eigenvalue weighted by Gasteiger charge is -2.15. The van der Waals surface area contributed by atoms with Crippen molar-refractivity contribution in [1.29, 1.82) is 0 Å². The van der Waals surface area contributed by atoms with Crippen LogP contribution < -0.4 is 5.73 Å². The molecule has 3 rings (SSSR count). The zero-order valence-electron chi connectivity index (χ0n) is 11.8. The SMILES string of the molecule is Cl.NC1CCN(Cc2ccc(-c3ccccc3Br)cc2)C1. The van der Waals surface area contributed by atoms with Crippen molar-refractivity contribution < 1.29 is 0 Å². The molecule has 0 bridgehead atoms. The predicted molar refractivity (Wildman–Crippen MR) is 94.7 cm³/mol. The highest BCUT2D eigenvalue weighted by molar-refractivity contribution is 9.10. The fourth-order valence-electron chi connectivity index (χ4n) is 2.75. The summed E-state index contributed by atoms with van der Waals surface area (Å²) in [5, 5.41) is 0. The number of likely N-dealkylation sites (tertiary alicyclic amines) is 1. The third kappa shape index (κ3) is 4.07. The third-order valence-corrected chi connectivity index (χ3v) is 4.55. The number of nitrogens with two attached hydrogens (primary N) is 1. The molecule has 2 N–H and O–H groups in total. The summed E-state index contributed by atoms with van der Waals surface area (Å²) in [6.45, 7) is 3.14. The number of benzene rings is 2. The minimum Gasteiger partial charge on any atom is -0.326 e. The van der Waals surface area contributed by atoms with E-state index in [-0.39, 0.29) is 12.4 Å². The summed E-state index contributed by atoms with van der Waals surface area (Å²) in [7, 11) is 0. The van der Waals surface area contributed by atoms with E-state index in [4.69, 9.17) is 5.73 Å². The van der Waals surface area contributed by atoms with E-state index in [1.54, 1.807) is 0 Å². The fraction of sp³-hybridized carbons (Fsp3) is 0.294. The van der Waals surface area contributed by atoms with Crippen LogP contribution in [0.4, 0.5) is 0 Å². The van der Waals surface area contributed by atoms with Gasteiger partial charge in [0, 0.05) is 30.1 Å². The van der Waals surface area contributed by atoms with E-state index in [2.05, 4.69) is 63.3 Å². The minimum atomic E-state index is 0. The van der Waals surface area contributed by atoms with Gasteiger partial charge in [0.25, 0.3) is 0 Å². The molecule has 0 amide bonds. The Morgan fingerprint density at radius 2 is 1.81 bits per heavy atom. The summed E-state index contributed by atoms with van der Waals surface area (Å²) in [4.78, 5) is 2.43. The maximum Gasteiger partial charge on any atom is 0.0253 e. The summed E-state index contributed by atoms with van der Waals surface area (Å²) < 4.78 is 1.14. The van der Waals surface area contributed by atoms with Crippen molar-refractivity contribution in [3.8, 4) is 11.1 Å². The molecule has 1 fully saturated rings. The molecule has 0 aromatic heterocycles. The summed E-state index contributed by atoms with van der Waals surface area (Å²) in [5.41, 5.74) is 9.79. The van der Waals surface area contributed by atoms with Gasteiger partial charge in [-0.1, -0.05) is 58.4 Å². The molecule has 1 saturated heterocycles. The second-order valence-corrected chi connectivity index (χ2v) is 6.31. The monoisotopic (exact) mass is 366 g/mol. The Labute approximate surface area is 140 Å². The van der Waals surface area contributed by atoms with Crippen LogP contribution in [0.3, 0.4) is 0 Å². The number of hydrogen-bond donors (Lipinski definition) is 1. The average Bonchev–Trinajstić information content (AvgIpc) is 2.86. The highest BCUT2D eigenvalue weighted by atomic mass is 79.9. The quantitative estimate of drug-likeness (QED) is 0.886. The topological polar surface area (TPSA) is 29.3 Å². The summed E-state index contributed by atoms with van der Waals surface area (Å²) in [6, 6.07) is 17.5. The van der Waals surface area contributed by atoms with Crippen molar-refractivity contribution in [2.45, 2.75) is 19.0 Å². The van der Waals surface area contributed by atoms with Crippen molar-refractivity contribution in [2.24, 2.45) is 5.73 Å². The van der Waals surface area contributed by atoms with Crippen molar-refractivity contribution in [2.75, 3.05) is 13.1 Å². The van der Waals surface area contributed by atoms with Gasteiger partial charge in [-0.25, -0.2) is 0 Å². The minimum absolute atomic E-state index is 0. The lowest BCUT2D eigenvalue weighted by atomic mass is 10.0. The highest BCUT2D eigenvalue weighted by Gasteiger charge is 2.18. The van der Waals surface area contributed by atoms with Gasteiger partial charge in [0.05, 0.1) is 0 Å². The van der Waals surface area contributed by atoms with E-state index < -0.39 is 0 Å². The normalized spacial score (nSPS) is 18.5. The Hall–Kier alpha value is -0.870. The molecule has 21 heavy (non-hydrogen) atoms. The van der Waals surface area contributed by atoms with Gasteiger partial charge in [0.15, 0.2) is 0 Å². The average molecular weight is 368 g/mol. The molecule has 0 aliphatic carbocycles. The van der Waals surface area contributed by atoms with Crippen LogP contribution in [0.5, 0.6) is 0 Å². The van der Waals surface area contributed by atoms with Crippen LogP contribution in [-0.4, -0.2) is 24.0 Å². The standard InChI is InChI=1S/C17H19BrN2.ClH/c18-17-4-2-1-3-16(17)14-7-5-13(6-8-14)11-20-10-9-15(19)12-20;/h1-8,15H,9-12,19H2;1H. The molecule has 112 valence electrons. The zero-order chi connectivity index (χ0) is 13.9. The van der Waals surface area contributed by atoms with Crippen LogP contribution in [-0.2, 0) is 6.54 Å². The lowest BCUT2D eigenvalue weighted by molar-refractivity contribution is 0.327. The van der Waals surface area contributed by atoms with Crippen molar-refractivity contribution >= 4 is 28.3 Å². The van der Waals surface area contributed by atoms with Gasteiger partial charge >= 0.3 is 0 Å². The second-order valence-electron chi connectivity index (χ2n) is 5.46. The highest BCUT2D eigenvalue weighted by Crippen LogP contribution is 2.28. The molecule has 2 aromatic carbocycles. The summed E-state index contributed by atoms with van der Waals surface area (Å²) in [5.74, 6) is 0. The third-order valence-electron chi connectivity index (χ3n) is 3.85.